The Morgan fingerprint density at radius 2 is 1.82 bits per heavy atom. The molecule has 3 rings (SSSR count). The van der Waals surface area contributed by atoms with E-state index >= 15 is 0 Å². The van der Waals surface area contributed by atoms with Crippen LogP contribution in [0.25, 0.3) is 10.8 Å². The van der Waals surface area contributed by atoms with Crippen molar-refractivity contribution < 1.29 is 14.3 Å². The molecule has 0 N–H and O–H groups in total. The molecule has 5 nitrogen and oxygen atoms in total. The molecule has 2 aromatic carbocycles. The number of likely N-dealkylation sites (tertiary alicyclic amines) is 1. The summed E-state index contributed by atoms with van der Waals surface area (Å²) in [5.74, 6) is 0.0419. The van der Waals surface area contributed by atoms with E-state index in [1.807, 2.05) is 62.1 Å². The zero-order valence-corrected chi connectivity index (χ0v) is 18.5. The molecule has 28 heavy (non-hydrogen) atoms. The van der Waals surface area contributed by atoms with E-state index in [-0.39, 0.29) is 18.0 Å². The molecule has 0 radical (unpaired) electrons. The third-order valence-electron chi connectivity index (χ3n) is 5.06. The van der Waals surface area contributed by atoms with Gasteiger partial charge in [0.2, 0.25) is 0 Å². The molecule has 0 atom stereocenters. The van der Waals surface area contributed by atoms with Gasteiger partial charge in [0, 0.05) is 36.2 Å². The molecule has 1 aliphatic rings. The number of ether oxygens (including phenoxy) is 1. The van der Waals surface area contributed by atoms with Crippen molar-refractivity contribution in [2.45, 2.75) is 45.3 Å². The summed E-state index contributed by atoms with van der Waals surface area (Å²) < 4.78 is 6.47. The highest BCUT2D eigenvalue weighted by Crippen LogP contribution is 2.26. The second-order valence-electron chi connectivity index (χ2n) is 8.29. The highest BCUT2D eigenvalue weighted by molar-refractivity contribution is 9.10. The van der Waals surface area contributed by atoms with Crippen LogP contribution in [0.3, 0.4) is 0 Å². The summed E-state index contributed by atoms with van der Waals surface area (Å²) in [5, 5.41) is 2.14. The molecule has 1 heterocycles. The van der Waals surface area contributed by atoms with Crippen molar-refractivity contribution in [3.05, 3.63) is 46.4 Å². The van der Waals surface area contributed by atoms with Crippen molar-refractivity contribution in [1.29, 1.82) is 0 Å². The molecule has 0 unspecified atom stereocenters. The monoisotopic (exact) mass is 446 g/mol. The lowest BCUT2D eigenvalue weighted by Crippen LogP contribution is -2.48. The van der Waals surface area contributed by atoms with Crippen LogP contribution in [-0.4, -0.2) is 53.6 Å². The number of halogens is 1. The molecular weight excluding hydrogens is 420 g/mol. The molecule has 2 amide bonds. The third kappa shape index (κ3) is 4.66. The lowest BCUT2D eigenvalue weighted by atomic mass is 10.0. The number of carbonyl (C=O) groups is 2. The van der Waals surface area contributed by atoms with Gasteiger partial charge in [0.15, 0.2) is 0 Å². The van der Waals surface area contributed by atoms with Crippen LogP contribution in [0.4, 0.5) is 4.79 Å². The minimum Gasteiger partial charge on any atom is -0.444 e. The summed E-state index contributed by atoms with van der Waals surface area (Å²) in [6.45, 7) is 6.85. The van der Waals surface area contributed by atoms with Crippen LogP contribution in [0, 0.1) is 0 Å². The minimum absolute atomic E-state index is 0.0419. The fourth-order valence-corrected chi connectivity index (χ4v) is 4.01. The first-order valence-electron chi connectivity index (χ1n) is 9.59. The third-order valence-corrected chi connectivity index (χ3v) is 5.75. The van der Waals surface area contributed by atoms with Crippen LogP contribution in [-0.2, 0) is 4.74 Å². The Balaban J connectivity index is 1.63. The largest absolute Gasteiger partial charge is 0.444 e. The zero-order valence-electron chi connectivity index (χ0n) is 16.9. The van der Waals surface area contributed by atoms with E-state index in [4.69, 9.17) is 4.74 Å². The maximum Gasteiger partial charge on any atom is 0.410 e. The number of benzene rings is 2. The van der Waals surface area contributed by atoms with E-state index in [1.165, 1.54) is 0 Å². The first kappa shape index (κ1) is 20.6. The van der Waals surface area contributed by atoms with Crippen LogP contribution >= 0.6 is 15.9 Å². The highest BCUT2D eigenvalue weighted by atomic mass is 79.9. The quantitative estimate of drug-likeness (QED) is 0.646. The first-order chi connectivity index (χ1) is 13.2. The summed E-state index contributed by atoms with van der Waals surface area (Å²) in [5.41, 5.74) is 0.192. The normalized spacial score (nSPS) is 15.5. The van der Waals surface area contributed by atoms with E-state index in [0.717, 1.165) is 28.1 Å². The summed E-state index contributed by atoms with van der Waals surface area (Å²) >= 11 is 3.55. The molecular formula is C22H27BrN2O3. The van der Waals surface area contributed by atoms with E-state index < -0.39 is 5.60 Å². The predicted molar refractivity (Wildman–Crippen MR) is 115 cm³/mol. The number of fused-ring (bicyclic) bond motifs is 1. The minimum atomic E-state index is -0.507. The Morgan fingerprint density at radius 3 is 2.46 bits per heavy atom. The summed E-state index contributed by atoms with van der Waals surface area (Å²) in [7, 11) is 1.78. The van der Waals surface area contributed by atoms with Gasteiger partial charge < -0.3 is 14.5 Å². The topological polar surface area (TPSA) is 49.9 Å². The Morgan fingerprint density at radius 1 is 1.14 bits per heavy atom. The van der Waals surface area contributed by atoms with Gasteiger partial charge in [0.1, 0.15) is 5.60 Å². The number of piperidine rings is 1. The Labute approximate surface area is 174 Å². The van der Waals surface area contributed by atoms with E-state index in [9.17, 15) is 9.59 Å². The fourth-order valence-electron chi connectivity index (χ4n) is 3.50. The molecule has 150 valence electrons. The van der Waals surface area contributed by atoms with Gasteiger partial charge in [-0.2, -0.15) is 0 Å². The Bertz CT molecular complexity index is 883. The Kier molecular flexibility index (Phi) is 5.98. The highest BCUT2D eigenvalue weighted by Gasteiger charge is 2.30. The molecule has 1 aliphatic heterocycles. The lowest BCUT2D eigenvalue weighted by molar-refractivity contribution is 0.0156. The molecule has 0 aliphatic carbocycles. The van der Waals surface area contributed by atoms with Crippen molar-refractivity contribution in [3.63, 3.8) is 0 Å². The van der Waals surface area contributed by atoms with Crippen molar-refractivity contribution in [1.82, 2.24) is 9.80 Å². The zero-order chi connectivity index (χ0) is 20.5. The lowest BCUT2D eigenvalue weighted by Gasteiger charge is -2.37. The van der Waals surface area contributed by atoms with Gasteiger partial charge in [0.25, 0.3) is 5.91 Å². The summed E-state index contributed by atoms with van der Waals surface area (Å²) in [6.07, 6.45) is 1.19. The molecule has 6 heteroatoms. The van der Waals surface area contributed by atoms with Crippen LogP contribution < -0.4 is 0 Å². The van der Waals surface area contributed by atoms with Gasteiger partial charge in [0.05, 0.1) is 0 Å². The van der Waals surface area contributed by atoms with Gasteiger partial charge in [-0.1, -0.05) is 34.1 Å². The van der Waals surface area contributed by atoms with E-state index in [2.05, 4.69) is 15.9 Å². The van der Waals surface area contributed by atoms with Crippen molar-refractivity contribution in [2.75, 3.05) is 20.1 Å². The number of nitrogens with zero attached hydrogens (tertiary/aromatic N) is 2. The average Bonchev–Trinajstić information content (AvgIpc) is 2.65. The maximum atomic E-state index is 12.9. The number of amides is 2. The molecule has 1 fully saturated rings. The molecule has 0 aromatic heterocycles. The van der Waals surface area contributed by atoms with Crippen molar-refractivity contribution >= 4 is 38.7 Å². The standard InChI is InChI=1S/C22H27BrN2O3/c1-22(2,3)28-21(27)24(4)17-10-12-25(13-11-17)20(26)16-8-9-18-15(14-16)6-5-7-19(18)23/h5-9,14,17H,10-13H2,1-4H3. The second kappa shape index (κ2) is 8.11. The summed E-state index contributed by atoms with van der Waals surface area (Å²) in [6, 6.07) is 11.9. The average molecular weight is 447 g/mol. The number of rotatable bonds is 2. The number of hydrogen-bond acceptors (Lipinski definition) is 3. The summed E-state index contributed by atoms with van der Waals surface area (Å²) in [4.78, 5) is 28.7. The molecule has 1 saturated heterocycles. The van der Waals surface area contributed by atoms with Crippen molar-refractivity contribution in [2.24, 2.45) is 0 Å². The van der Waals surface area contributed by atoms with Crippen LogP contribution in [0.5, 0.6) is 0 Å². The van der Waals surface area contributed by atoms with E-state index in [0.29, 0.717) is 18.7 Å². The van der Waals surface area contributed by atoms with Crippen LogP contribution in [0.1, 0.15) is 44.0 Å². The molecule has 0 bridgehead atoms. The van der Waals surface area contributed by atoms with E-state index in [1.54, 1.807) is 11.9 Å². The maximum absolute atomic E-state index is 12.9. The molecule has 0 saturated carbocycles. The van der Waals surface area contributed by atoms with Gasteiger partial charge in [-0.15, -0.1) is 0 Å². The smallest absolute Gasteiger partial charge is 0.410 e. The fraction of sp³-hybridized carbons (Fsp3) is 0.455. The molecule has 2 aromatic rings. The van der Waals surface area contributed by atoms with Crippen LogP contribution in [0.2, 0.25) is 0 Å². The Hall–Kier alpha value is -2.08. The van der Waals surface area contributed by atoms with Gasteiger partial charge in [-0.05, 0) is 62.6 Å². The first-order valence-corrected chi connectivity index (χ1v) is 10.4. The second-order valence-corrected chi connectivity index (χ2v) is 9.14. The van der Waals surface area contributed by atoms with Gasteiger partial charge in [-0.25, -0.2) is 4.79 Å². The number of carbonyl (C=O) groups excluding carboxylic acids is 2. The van der Waals surface area contributed by atoms with Gasteiger partial charge in [-0.3, -0.25) is 4.79 Å². The van der Waals surface area contributed by atoms with Crippen LogP contribution in [0.15, 0.2) is 40.9 Å². The predicted octanol–water partition coefficient (Wildman–Crippen LogP) is 5.07. The molecule has 0 spiro atoms. The number of hydrogen-bond donors (Lipinski definition) is 0. The van der Waals surface area contributed by atoms with Crippen molar-refractivity contribution in [3.8, 4) is 0 Å². The van der Waals surface area contributed by atoms with Gasteiger partial charge >= 0.3 is 6.09 Å². The SMILES string of the molecule is CN(C(=O)OC(C)(C)C)C1CCN(C(=O)c2ccc3c(Br)cccc3c2)CC1.